The second-order valence-electron chi connectivity index (χ2n) is 6.55. The summed E-state index contributed by atoms with van der Waals surface area (Å²) in [5, 5.41) is 23.1. The minimum atomic E-state index is -0.689. The molecule has 3 atom stereocenters. The van der Waals surface area contributed by atoms with Gasteiger partial charge in [-0.2, -0.15) is 0 Å². The highest BCUT2D eigenvalue weighted by Gasteiger charge is 2.35. The van der Waals surface area contributed by atoms with Gasteiger partial charge in [-0.1, -0.05) is 24.4 Å². The highest BCUT2D eigenvalue weighted by atomic mass is 35.5. The number of aliphatic hydroxyl groups excluding tert-OH is 2. The van der Waals surface area contributed by atoms with Crippen LogP contribution in [0.3, 0.4) is 0 Å². The Morgan fingerprint density at radius 2 is 2.17 bits per heavy atom. The van der Waals surface area contributed by atoms with Gasteiger partial charge in [0, 0.05) is 18.5 Å². The van der Waals surface area contributed by atoms with Gasteiger partial charge in [-0.15, -0.1) is 0 Å². The molecule has 1 saturated carbocycles. The summed E-state index contributed by atoms with van der Waals surface area (Å²) >= 11 is 6.21. The molecule has 8 heteroatoms. The van der Waals surface area contributed by atoms with Gasteiger partial charge in [0.1, 0.15) is 23.0 Å². The van der Waals surface area contributed by atoms with Crippen molar-refractivity contribution in [1.29, 1.82) is 0 Å². The average molecular weight is 353 g/mol. The smallest absolute Gasteiger partial charge is 0.156 e. The van der Waals surface area contributed by atoms with Crippen molar-refractivity contribution in [2.75, 3.05) is 11.9 Å². The quantitative estimate of drug-likeness (QED) is 0.730. The van der Waals surface area contributed by atoms with Gasteiger partial charge in [0.2, 0.25) is 0 Å². The number of nitrogens with zero attached hydrogens (tertiary/aromatic N) is 3. The second kappa shape index (κ2) is 6.48. The zero-order valence-electron chi connectivity index (χ0n) is 13.2. The minimum absolute atomic E-state index is 0.207. The SMILES string of the molecule is OCC1OC(n2cnc3c(NC4CCCC4)nc(Cl)cc32)CC1O. The Bertz CT molecular complexity index is 731. The van der Waals surface area contributed by atoms with Crippen LogP contribution in [0.25, 0.3) is 11.0 Å². The monoisotopic (exact) mass is 352 g/mol. The summed E-state index contributed by atoms with van der Waals surface area (Å²) in [7, 11) is 0. The van der Waals surface area contributed by atoms with Crippen LogP contribution < -0.4 is 5.32 Å². The zero-order chi connectivity index (χ0) is 16.7. The van der Waals surface area contributed by atoms with Crippen molar-refractivity contribution in [2.24, 2.45) is 0 Å². The van der Waals surface area contributed by atoms with Crippen molar-refractivity contribution in [1.82, 2.24) is 14.5 Å². The highest BCUT2D eigenvalue weighted by molar-refractivity contribution is 6.30. The Morgan fingerprint density at radius 1 is 1.38 bits per heavy atom. The van der Waals surface area contributed by atoms with E-state index >= 15 is 0 Å². The van der Waals surface area contributed by atoms with Crippen LogP contribution in [0.2, 0.25) is 5.15 Å². The number of anilines is 1. The van der Waals surface area contributed by atoms with E-state index in [1.165, 1.54) is 12.8 Å². The highest BCUT2D eigenvalue weighted by Crippen LogP contribution is 2.34. The summed E-state index contributed by atoms with van der Waals surface area (Å²) in [5.41, 5.74) is 1.56. The summed E-state index contributed by atoms with van der Waals surface area (Å²) in [4.78, 5) is 8.88. The van der Waals surface area contributed by atoms with E-state index in [0.717, 1.165) is 23.9 Å². The molecule has 7 nitrogen and oxygen atoms in total. The van der Waals surface area contributed by atoms with Crippen molar-refractivity contribution >= 4 is 28.5 Å². The fourth-order valence-corrected chi connectivity index (χ4v) is 3.83. The second-order valence-corrected chi connectivity index (χ2v) is 6.94. The first kappa shape index (κ1) is 16.1. The molecule has 3 N–H and O–H groups in total. The molecule has 0 aromatic carbocycles. The average Bonchev–Trinajstić information content (AvgIpc) is 3.26. The molecule has 2 aromatic rings. The van der Waals surface area contributed by atoms with Gasteiger partial charge >= 0.3 is 0 Å². The van der Waals surface area contributed by atoms with Crippen molar-refractivity contribution in [2.45, 2.75) is 56.6 Å². The molecule has 1 saturated heterocycles. The molecular weight excluding hydrogens is 332 g/mol. The number of hydrogen-bond donors (Lipinski definition) is 3. The van der Waals surface area contributed by atoms with Crippen LogP contribution in [-0.4, -0.2) is 49.6 Å². The maximum absolute atomic E-state index is 9.96. The summed E-state index contributed by atoms with van der Waals surface area (Å²) in [6.07, 6.45) is 5.17. The summed E-state index contributed by atoms with van der Waals surface area (Å²) in [6.45, 7) is -0.207. The minimum Gasteiger partial charge on any atom is -0.394 e. The number of pyridine rings is 1. The fraction of sp³-hybridized carbons (Fsp3) is 0.625. The van der Waals surface area contributed by atoms with E-state index in [-0.39, 0.29) is 12.8 Å². The van der Waals surface area contributed by atoms with Crippen molar-refractivity contribution in [3.8, 4) is 0 Å². The molecule has 0 amide bonds. The molecule has 24 heavy (non-hydrogen) atoms. The third-order valence-corrected chi connectivity index (χ3v) is 5.11. The first-order valence-electron chi connectivity index (χ1n) is 8.39. The Labute approximate surface area is 144 Å². The lowest BCUT2D eigenvalue weighted by molar-refractivity contribution is -0.0430. The number of hydrogen-bond acceptors (Lipinski definition) is 6. The maximum Gasteiger partial charge on any atom is 0.156 e. The van der Waals surface area contributed by atoms with E-state index in [2.05, 4.69) is 15.3 Å². The molecule has 0 spiro atoms. The molecule has 3 heterocycles. The molecule has 1 aliphatic carbocycles. The summed E-state index contributed by atoms with van der Waals surface area (Å²) in [5.74, 6) is 0.695. The van der Waals surface area contributed by atoms with E-state index < -0.39 is 12.2 Å². The van der Waals surface area contributed by atoms with Gasteiger partial charge in [0.05, 0.1) is 24.6 Å². The third kappa shape index (κ3) is 2.86. The lowest BCUT2D eigenvalue weighted by Crippen LogP contribution is -2.24. The van der Waals surface area contributed by atoms with Crippen LogP contribution in [0.15, 0.2) is 12.4 Å². The number of aliphatic hydroxyl groups is 2. The fourth-order valence-electron chi connectivity index (χ4n) is 3.64. The molecule has 2 fully saturated rings. The number of aromatic nitrogens is 3. The number of nitrogens with one attached hydrogen (secondary N) is 1. The van der Waals surface area contributed by atoms with Crippen LogP contribution >= 0.6 is 11.6 Å². The van der Waals surface area contributed by atoms with Crippen molar-refractivity contribution in [3.05, 3.63) is 17.5 Å². The predicted octanol–water partition coefficient (Wildman–Crippen LogP) is 2.08. The van der Waals surface area contributed by atoms with Crippen LogP contribution in [-0.2, 0) is 4.74 Å². The lowest BCUT2D eigenvalue weighted by atomic mass is 10.2. The van der Waals surface area contributed by atoms with Crippen LogP contribution in [0.1, 0.15) is 38.3 Å². The van der Waals surface area contributed by atoms with E-state index in [1.54, 1.807) is 12.4 Å². The molecule has 3 unspecified atom stereocenters. The standard InChI is InChI=1S/C16H21ClN4O3/c17-13-5-10-15(16(20-13)19-9-3-1-2-4-9)18-8-21(10)14-6-11(23)12(7-22)24-14/h5,8-9,11-12,14,22-23H,1-4,6-7H2,(H,19,20). The molecule has 2 aliphatic rings. The molecule has 1 aliphatic heterocycles. The number of imidazole rings is 1. The van der Waals surface area contributed by atoms with E-state index in [4.69, 9.17) is 16.3 Å². The number of ether oxygens (including phenoxy) is 1. The van der Waals surface area contributed by atoms with Crippen molar-refractivity contribution in [3.63, 3.8) is 0 Å². The van der Waals surface area contributed by atoms with Gasteiger partial charge in [0.25, 0.3) is 0 Å². The molecule has 130 valence electrons. The summed E-state index contributed by atoms with van der Waals surface area (Å²) < 4.78 is 7.58. The van der Waals surface area contributed by atoms with Gasteiger partial charge in [-0.25, -0.2) is 9.97 Å². The van der Waals surface area contributed by atoms with Gasteiger partial charge < -0.3 is 24.8 Å². The predicted molar refractivity (Wildman–Crippen MR) is 90.0 cm³/mol. The van der Waals surface area contributed by atoms with Gasteiger partial charge in [-0.3, -0.25) is 0 Å². The Morgan fingerprint density at radius 3 is 2.88 bits per heavy atom. The molecule has 0 bridgehead atoms. The van der Waals surface area contributed by atoms with E-state index in [0.29, 0.717) is 23.4 Å². The van der Waals surface area contributed by atoms with Crippen LogP contribution in [0, 0.1) is 0 Å². The van der Waals surface area contributed by atoms with E-state index in [9.17, 15) is 10.2 Å². The van der Waals surface area contributed by atoms with Crippen LogP contribution in [0.5, 0.6) is 0 Å². The van der Waals surface area contributed by atoms with Crippen molar-refractivity contribution < 1.29 is 14.9 Å². The molecule has 2 aromatic heterocycles. The third-order valence-electron chi connectivity index (χ3n) is 4.92. The number of halogens is 1. The Hall–Kier alpha value is -1.41. The first-order valence-corrected chi connectivity index (χ1v) is 8.77. The van der Waals surface area contributed by atoms with Crippen LogP contribution in [0.4, 0.5) is 5.82 Å². The topological polar surface area (TPSA) is 92.4 Å². The van der Waals surface area contributed by atoms with E-state index in [1.807, 2.05) is 4.57 Å². The number of rotatable bonds is 4. The Balaban J connectivity index is 1.67. The molecular formula is C16H21ClN4O3. The number of fused-ring (bicyclic) bond motifs is 1. The molecule has 4 rings (SSSR count). The van der Waals surface area contributed by atoms with Gasteiger partial charge in [0.15, 0.2) is 5.82 Å². The zero-order valence-corrected chi connectivity index (χ0v) is 14.0. The molecule has 0 radical (unpaired) electrons. The lowest BCUT2D eigenvalue weighted by Gasteiger charge is -2.16. The summed E-state index contributed by atoms with van der Waals surface area (Å²) in [6, 6.07) is 2.17. The maximum atomic E-state index is 9.96. The van der Waals surface area contributed by atoms with Gasteiger partial charge in [-0.05, 0) is 12.8 Å². The first-order chi connectivity index (χ1) is 11.7. The Kier molecular flexibility index (Phi) is 4.34. The largest absolute Gasteiger partial charge is 0.394 e. The normalized spacial score (nSPS) is 28.0.